The zero-order valence-electron chi connectivity index (χ0n) is 78.0. The van der Waals surface area contributed by atoms with Crippen molar-refractivity contribution in [2.24, 2.45) is 40.4 Å². The number of phenolic OH excluding ortho intramolecular Hbond substituents is 1. The Morgan fingerprint density at radius 2 is 0.821 bits per heavy atom. The van der Waals surface area contributed by atoms with Gasteiger partial charge in [-0.2, -0.15) is 23.5 Å². The molecule has 7 rings (SSSR count). The van der Waals surface area contributed by atoms with E-state index in [1.54, 1.807) is 48.5 Å². The molecule has 0 unspecified atom stereocenters. The molecule has 3 aliphatic rings. The molecule has 48 heteroatoms. The highest BCUT2D eigenvalue weighted by Gasteiger charge is 2.42. The third-order valence-corrected chi connectivity index (χ3v) is 26.3. The normalized spacial score (nSPS) is 24.7. The second-order valence-corrected chi connectivity index (χ2v) is 38.5. The number of Topliss-reactive ketones (excluding diaryl/α,β-unsaturated/α-hetero) is 3. The van der Waals surface area contributed by atoms with Crippen molar-refractivity contribution in [3.63, 3.8) is 0 Å². The molecule has 0 aromatic heterocycles. The first-order valence-corrected chi connectivity index (χ1v) is 48.5. The maximum atomic E-state index is 15.3. The summed E-state index contributed by atoms with van der Waals surface area (Å²) in [4.78, 5) is 331. The number of aromatic hydroxyl groups is 1. The van der Waals surface area contributed by atoms with Gasteiger partial charge in [0.2, 0.25) is 94.5 Å². The largest absolute Gasteiger partial charge is 0.508 e. The number of nitrogens with one attached hydrogen (secondary N) is 11. The first-order valence-electron chi connectivity index (χ1n) is 45.0. The van der Waals surface area contributed by atoms with E-state index in [4.69, 9.17) is 17.2 Å². The van der Waals surface area contributed by atoms with Crippen molar-refractivity contribution in [2.45, 2.75) is 198 Å². The fourth-order valence-corrected chi connectivity index (χ4v) is 18.2. The number of hydrogen-bond acceptors (Lipinski definition) is 28. The molecule has 760 valence electrons. The Morgan fingerprint density at radius 1 is 0.407 bits per heavy atom. The maximum Gasteiger partial charge on any atom is 0.305 e. The number of carbonyl (C=O) groups excluding carboxylic acids is 19. The monoisotopic (exact) mass is 2010 g/mol. The van der Waals surface area contributed by atoms with Crippen LogP contribution in [0, 0.1) is 23.2 Å². The Kier molecular flexibility index (Phi) is 44.2. The number of nitrogens with zero attached hydrogens (tertiary/aromatic N) is 3. The summed E-state index contributed by atoms with van der Waals surface area (Å²) in [6, 6.07) is 2.37. The van der Waals surface area contributed by atoms with Crippen molar-refractivity contribution in [2.75, 3.05) is 73.8 Å². The van der Waals surface area contributed by atoms with Crippen LogP contribution in [0.15, 0.2) is 97.1 Å². The lowest BCUT2D eigenvalue weighted by molar-refractivity contribution is -0.142. The van der Waals surface area contributed by atoms with Crippen molar-refractivity contribution < 1.29 is 136 Å². The molecule has 0 aliphatic carbocycles. The van der Waals surface area contributed by atoms with Gasteiger partial charge < -0.3 is 116 Å². The predicted octanol–water partition coefficient (Wildman–Crippen LogP) is -3.17. The molecule has 22 N–H and O–H groups in total. The van der Waals surface area contributed by atoms with Crippen LogP contribution in [0.5, 0.6) is 5.75 Å². The van der Waals surface area contributed by atoms with Crippen LogP contribution < -0.4 is 75.7 Å². The summed E-state index contributed by atoms with van der Waals surface area (Å²) in [5, 5.41) is 78.7. The van der Waals surface area contributed by atoms with Crippen LogP contribution in [-0.4, -0.2) is 322 Å². The minimum atomic E-state index is -2.28. The number of thioether (sulfide) groups is 3. The number of carboxylic acids is 4. The van der Waals surface area contributed by atoms with Crippen molar-refractivity contribution in [3.05, 3.63) is 114 Å². The smallest absolute Gasteiger partial charge is 0.305 e. The summed E-state index contributed by atoms with van der Waals surface area (Å²) < 4.78 is 0. The molecule has 45 nitrogen and oxygen atoms in total. The topological polar surface area (TPSA) is 714 Å². The first kappa shape index (κ1) is 113. The van der Waals surface area contributed by atoms with Gasteiger partial charge in [-0.1, -0.05) is 106 Å². The number of amides is 16. The van der Waals surface area contributed by atoms with Gasteiger partial charge >= 0.3 is 23.9 Å². The van der Waals surface area contributed by atoms with E-state index in [1.165, 1.54) is 97.8 Å². The number of benzene rings is 4. The van der Waals surface area contributed by atoms with E-state index in [0.717, 1.165) is 30.4 Å². The van der Waals surface area contributed by atoms with Crippen molar-refractivity contribution in [1.82, 2.24) is 73.2 Å². The average Bonchev–Trinajstić information content (AvgIpc) is 0.852. The highest BCUT2D eigenvalue weighted by Crippen LogP contribution is 2.28. The number of primary amides is 2. The van der Waals surface area contributed by atoms with E-state index in [0.29, 0.717) is 33.7 Å². The summed E-state index contributed by atoms with van der Waals surface area (Å²) in [7, 11) is 0. The van der Waals surface area contributed by atoms with Crippen LogP contribution >= 0.6 is 35.3 Å². The second kappa shape index (κ2) is 54.6. The Labute approximate surface area is 817 Å². The molecule has 3 aliphatic heterocycles. The average molecular weight is 2010 g/mol. The van der Waals surface area contributed by atoms with E-state index < -0.39 is 331 Å². The number of fused-ring (bicyclic) bond motifs is 9. The lowest BCUT2D eigenvalue weighted by atomic mass is 9.81. The van der Waals surface area contributed by atoms with Gasteiger partial charge in [0, 0.05) is 107 Å². The fraction of sp³-hybridized carbons (Fsp3) is 0.511. The van der Waals surface area contributed by atoms with E-state index >= 15 is 24.0 Å². The van der Waals surface area contributed by atoms with Crippen LogP contribution in [0.1, 0.15) is 122 Å². The Morgan fingerprint density at radius 3 is 1.31 bits per heavy atom. The number of rotatable bonds is 22. The highest BCUT2D eigenvalue weighted by molar-refractivity contribution is 8.00. The van der Waals surface area contributed by atoms with Crippen molar-refractivity contribution >= 4 is 182 Å². The Balaban J connectivity index is 1.39. The van der Waals surface area contributed by atoms with Gasteiger partial charge in [0.05, 0.1) is 66.5 Å². The van der Waals surface area contributed by atoms with E-state index in [-0.39, 0.29) is 68.5 Å². The van der Waals surface area contributed by atoms with Gasteiger partial charge in [-0.05, 0) is 85.0 Å². The van der Waals surface area contributed by atoms with Crippen LogP contribution in [0.3, 0.4) is 0 Å². The third kappa shape index (κ3) is 36.9. The zero-order chi connectivity index (χ0) is 104. The predicted molar refractivity (Wildman–Crippen MR) is 508 cm³/mol. The van der Waals surface area contributed by atoms with Crippen molar-refractivity contribution in [1.29, 1.82) is 0 Å². The molecule has 4 aromatic carbocycles. The maximum absolute atomic E-state index is 15.3. The number of nitrogens with two attached hydrogens (primary N) is 3. The molecular formula is C92H121N17O28S3. The van der Waals surface area contributed by atoms with Gasteiger partial charge in [0.1, 0.15) is 65.9 Å². The molecule has 3 heterocycles. The number of phenols is 1. The number of carbonyl (C=O) groups is 23. The van der Waals surface area contributed by atoms with Gasteiger partial charge in [0.25, 0.3) is 0 Å². The standard InChI is InChI=1S/C92H121N17O28S3/c1-48(93)68(111)38-57-43-139-46-73(116)108-28-27-107-29-31-109(32-30-108)74(117)47-140-44-67(105-82(128)50(3)96-83(129)55(35-54-17-12-16-53-15-10-11-18-59(53)54)36-69(112)60(23-25-75(118)119)98-88(134)64(39-71(94)114)100-81(127)49(2)97-84(57)130)91(137)99-61(24-26-76(120)121)85(131)103-65(40-77(122)123)89(135)102-62(33-51-13-8-7-9-14-51)86(132)101-63(34-52-19-21-58(110)22-20-52)87(133)104-66(41-78(124)125)90(136)106-79(92(4,5)6)70(113)37-56(80(95)126)42-138-45-72(107)115/h7-22,48-50,55-57,60-67,79,110H,23-47,93H2,1-6H3,(H2,94,114)(H2,95,126)(H,96,129)(H,97,130)(H,98,134)(H,99,137)(H,100,127)(H,101,132)(H,102,135)(H,103,131)(H,104,133)(H,105,128)(H,106,136)(H,118,119)(H,120,121)(H,122,123)(H,124,125)/t48-,49+,50+,55+,56-,57-,60-,61-,62-,63-,64-,65-,66-,67-,79+/m0/s1. The molecule has 0 radical (unpaired) electrons. The van der Waals surface area contributed by atoms with Crippen LogP contribution in [0.25, 0.3) is 10.8 Å². The number of ketones is 3. The summed E-state index contributed by atoms with van der Waals surface area (Å²) in [6.07, 6.45) is -10.3. The van der Waals surface area contributed by atoms with E-state index in [9.17, 15) is 112 Å². The van der Waals surface area contributed by atoms with E-state index in [2.05, 4.69) is 58.5 Å². The quantitative estimate of drug-likeness (QED) is 0.0369. The molecule has 0 spiro atoms. The summed E-state index contributed by atoms with van der Waals surface area (Å²) in [6.45, 7) is 6.53. The minimum Gasteiger partial charge on any atom is -0.508 e. The molecule has 0 saturated carbocycles. The summed E-state index contributed by atoms with van der Waals surface area (Å²) in [5.74, 6) is -34.6. The third-order valence-electron chi connectivity index (χ3n) is 23.1. The molecule has 3 fully saturated rings. The Hall–Kier alpha value is -13.6. The molecular weight excluding hydrogens is 1890 g/mol. The number of carboxylic acid groups (broad SMARTS) is 4. The lowest BCUT2D eigenvalue weighted by Crippen LogP contribution is -2.61. The molecule has 3 saturated heterocycles. The van der Waals surface area contributed by atoms with Gasteiger partial charge in [-0.3, -0.25) is 110 Å². The summed E-state index contributed by atoms with van der Waals surface area (Å²) in [5.41, 5.74) is 17.2. The summed E-state index contributed by atoms with van der Waals surface area (Å²) >= 11 is 2.33. The first-order chi connectivity index (χ1) is 66.0. The molecule has 140 heavy (non-hydrogen) atoms. The molecule has 15 atom stereocenters. The number of aliphatic carboxylic acids is 4. The lowest BCUT2D eigenvalue weighted by Gasteiger charge is -2.33. The SMILES string of the molecule is C[C@H](N)C(=O)C[C@H]1CSCC(=O)N2CCN3CCN(CC2)C(=O)CSC[C@H](NC(=O)[C@@H](C)NC(=O)[C@H](Cc2cccc4ccccc24)CC(=O)[C@H](CCC(=O)O)NC(=O)[C@H](CC(N)=O)NC(=O)[C@@H](C)NC1=O)C(=O)N[C@@H](CCC(=O)O)C(=O)N[C@@H](CC(=O)O)C(=O)N[C@@H](Cc1ccccc1)C(=O)N[C@@H](Cc1ccc(O)cc1)C(=O)N[C@@H](CC(=O)O)C(=O)N[C@@H](C(C)(C)C)C(=O)C[C@H](C(N)=O)CSCC3=O. The van der Waals surface area contributed by atoms with Gasteiger partial charge in [-0.15, -0.1) is 11.8 Å². The molecule has 4 bridgehead atoms. The van der Waals surface area contributed by atoms with Gasteiger partial charge in [-0.25, -0.2) is 0 Å². The van der Waals surface area contributed by atoms with Crippen LogP contribution in [-0.2, 0) is 130 Å². The van der Waals surface area contributed by atoms with Gasteiger partial charge in [0.15, 0.2) is 11.6 Å². The molecule has 16 amide bonds. The minimum absolute atomic E-state index is 0.208. The number of hydrogen-bond donors (Lipinski definition) is 19. The van der Waals surface area contributed by atoms with Crippen LogP contribution in [0.4, 0.5) is 0 Å². The van der Waals surface area contributed by atoms with Crippen molar-refractivity contribution in [3.8, 4) is 5.75 Å². The van der Waals surface area contributed by atoms with E-state index in [1.807, 2.05) is 0 Å². The Bertz CT molecular complexity index is 5240. The highest BCUT2D eigenvalue weighted by atomic mass is 32.2. The second-order valence-electron chi connectivity index (χ2n) is 35.4. The fourth-order valence-electron chi connectivity index (χ4n) is 15.2. The zero-order valence-corrected chi connectivity index (χ0v) is 80.4. The van der Waals surface area contributed by atoms with Crippen LogP contribution in [0.2, 0.25) is 0 Å². The molecule has 4 aromatic rings.